The van der Waals surface area contributed by atoms with Gasteiger partial charge in [0.25, 0.3) is 0 Å². The molecule has 1 amide bonds. The van der Waals surface area contributed by atoms with E-state index in [1.165, 1.54) is 11.1 Å². The van der Waals surface area contributed by atoms with E-state index >= 15 is 0 Å². The fourth-order valence-corrected chi connectivity index (χ4v) is 4.55. The third-order valence-corrected chi connectivity index (χ3v) is 5.84. The maximum absolute atomic E-state index is 12.1. The minimum atomic E-state index is -0.482. The number of anilines is 1. The summed E-state index contributed by atoms with van der Waals surface area (Å²) in [5.74, 6) is 0.978. The number of hydrogen-bond acceptors (Lipinski definition) is 6. The number of amides is 1. The van der Waals surface area contributed by atoms with Crippen molar-refractivity contribution in [2.45, 2.75) is 45.3 Å². The number of benzene rings is 1. The molecule has 152 valence electrons. The number of fused-ring (bicyclic) bond motifs is 1. The predicted molar refractivity (Wildman–Crippen MR) is 117 cm³/mol. The molecule has 0 aliphatic carbocycles. The van der Waals surface area contributed by atoms with Gasteiger partial charge in [-0.25, -0.2) is 14.8 Å². The van der Waals surface area contributed by atoms with Crippen molar-refractivity contribution in [1.29, 1.82) is 0 Å². The van der Waals surface area contributed by atoms with Crippen LogP contribution in [0.2, 0.25) is 0 Å². The number of carbonyl (C=O) groups is 1. The second kappa shape index (κ2) is 7.99. The number of ether oxygens (including phenoxy) is 1. The number of carbonyl (C=O) groups excluding carboxylic acids is 1. The van der Waals surface area contributed by atoms with Crippen LogP contribution in [0.1, 0.15) is 33.6 Å². The molecule has 7 heteroatoms. The van der Waals surface area contributed by atoms with Gasteiger partial charge in [0.1, 0.15) is 22.6 Å². The first-order valence-corrected chi connectivity index (χ1v) is 10.8. The Morgan fingerprint density at radius 2 is 1.90 bits per heavy atom. The van der Waals surface area contributed by atoms with Crippen molar-refractivity contribution in [3.05, 3.63) is 42.0 Å². The molecule has 1 saturated heterocycles. The maximum Gasteiger partial charge on any atom is 0.407 e. The van der Waals surface area contributed by atoms with Gasteiger partial charge >= 0.3 is 6.09 Å². The summed E-state index contributed by atoms with van der Waals surface area (Å²) in [6.07, 6.45) is 3.02. The van der Waals surface area contributed by atoms with Crippen LogP contribution in [0.25, 0.3) is 21.3 Å². The molecule has 0 atom stereocenters. The van der Waals surface area contributed by atoms with Crippen molar-refractivity contribution in [2.24, 2.45) is 0 Å². The topological polar surface area (TPSA) is 67.3 Å². The molecule has 3 aromatic rings. The van der Waals surface area contributed by atoms with Gasteiger partial charge in [0.15, 0.2) is 0 Å². The molecule has 0 unspecified atom stereocenters. The Labute approximate surface area is 174 Å². The summed E-state index contributed by atoms with van der Waals surface area (Å²) in [6, 6.07) is 10.5. The number of hydrogen-bond donors (Lipinski definition) is 1. The zero-order chi connectivity index (χ0) is 20.4. The van der Waals surface area contributed by atoms with Crippen LogP contribution in [-0.2, 0) is 4.74 Å². The molecule has 4 rings (SSSR count). The second-order valence-electron chi connectivity index (χ2n) is 8.30. The monoisotopic (exact) mass is 410 g/mol. The predicted octanol–water partition coefficient (Wildman–Crippen LogP) is 4.85. The molecule has 0 bridgehead atoms. The fourth-order valence-electron chi connectivity index (χ4n) is 3.64. The molecule has 0 saturated carbocycles. The van der Waals surface area contributed by atoms with E-state index in [2.05, 4.69) is 49.8 Å². The first-order chi connectivity index (χ1) is 13.9. The lowest BCUT2D eigenvalue weighted by atomic mass is 10.0. The largest absolute Gasteiger partial charge is 0.444 e. The summed E-state index contributed by atoms with van der Waals surface area (Å²) in [4.78, 5) is 24.5. The minimum absolute atomic E-state index is 0.120. The van der Waals surface area contributed by atoms with E-state index < -0.39 is 5.60 Å². The van der Waals surface area contributed by atoms with E-state index in [0.29, 0.717) is 0 Å². The highest BCUT2D eigenvalue weighted by molar-refractivity contribution is 7.17. The van der Waals surface area contributed by atoms with E-state index in [1.807, 2.05) is 26.8 Å². The molecule has 2 aromatic heterocycles. The number of aromatic nitrogens is 2. The molecule has 1 aromatic carbocycles. The van der Waals surface area contributed by atoms with Crippen molar-refractivity contribution in [3.63, 3.8) is 0 Å². The first kappa shape index (κ1) is 19.6. The fraction of sp³-hybridized carbons (Fsp3) is 0.409. The van der Waals surface area contributed by atoms with Crippen molar-refractivity contribution in [2.75, 3.05) is 18.0 Å². The number of thiophene rings is 1. The average molecular weight is 411 g/mol. The summed E-state index contributed by atoms with van der Waals surface area (Å²) in [6.45, 7) is 7.29. The van der Waals surface area contributed by atoms with Crippen molar-refractivity contribution >= 4 is 33.5 Å². The number of piperidine rings is 1. The van der Waals surface area contributed by atoms with E-state index in [1.54, 1.807) is 17.7 Å². The summed E-state index contributed by atoms with van der Waals surface area (Å²) in [5, 5.41) is 6.27. The van der Waals surface area contributed by atoms with Gasteiger partial charge in [-0.15, -0.1) is 11.3 Å². The molecule has 1 N–H and O–H groups in total. The zero-order valence-corrected chi connectivity index (χ0v) is 17.8. The standard InChI is InChI=1S/C22H26N4O2S/c1-22(2,3)28-21(27)25-16-9-11-26(12-10-16)19-18-17(15-7-5-4-6-8-15)13-29-20(18)24-14-23-19/h4-8,13-14,16H,9-12H2,1-3H3,(H,25,27). The van der Waals surface area contributed by atoms with Gasteiger partial charge in [-0.1, -0.05) is 30.3 Å². The van der Waals surface area contributed by atoms with Crippen molar-refractivity contribution < 1.29 is 9.53 Å². The van der Waals surface area contributed by atoms with Gasteiger partial charge in [0.2, 0.25) is 0 Å². The van der Waals surface area contributed by atoms with E-state index in [9.17, 15) is 4.79 Å². The first-order valence-electron chi connectivity index (χ1n) is 9.93. The maximum atomic E-state index is 12.1. The molecule has 0 spiro atoms. The van der Waals surface area contributed by atoms with Crippen LogP contribution in [0.3, 0.4) is 0 Å². The summed E-state index contributed by atoms with van der Waals surface area (Å²) in [5.41, 5.74) is 1.87. The van der Waals surface area contributed by atoms with E-state index in [4.69, 9.17) is 4.74 Å². The van der Waals surface area contributed by atoms with Crippen molar-refractivity contribution in [1.82, 2.24) is 15.3 Å². The highest BCUT2D eigenvalue weighted by atomic mass is 32.1. The lowest BCUT2D eigenvalue weighted by Crippen LogP contribution is -2.46. The molecule has 0 radical (unpaired) electrons. The Kier molecular flexibility index (Phi) is 5.41. The second-order valence-corrected chi connectivity index (χ2v) is 9.16. The average Bonchev–Trinajstić information content (AvgIpc) is 3.12. The van der Waals surface area contributed by atoms with Crippen LogP contribution >= 0.6 is 11.3 Å². The Hall–Kier alpha value is -2.67. The minimum Gasteiger partial charge on any atom is -0.444 e. The lowest BCUT2D eigenvalue weighted by Gasteiger charge is -2.34. The highest BCUT2D eigenvalue weighted by Gasteiger charge is 2.26. The van der Waals surface area contributed by atoms with Gasteiger partial charge in [0.05, 0.1) is 5.39 Å². The van der Waals surface area contributed by atoms with Crippen LogP contribution < -0.4 is 10.2 Å². The Morgan fingerprint density at radius 3 is 2.59 bits per heavy atom. The molecule has 1 aliphatic heterocycles. The molecule has 6 nitrogen and oxygen atoms in total. The molecule has 3 heterocycles. The van der Waals surface area contributed by atoms with Gasteiger partial charge in [0, 0.05) is 30.1 Å². The number of rotatable bonds is 3. The van der Waals surface area contributed by atoms with Gasteiger partial charge in [-0.05, 0) is 39.2 Å². The molecule has 1 fully saturated rings. The van der Waals surface area contributed by atoms with E-state index in [-0.39, 0.29) is 12.1 Å². The van der Waals surface area contributed by atoms with Crippen LogP contribution in [0, 0.1) is 0 Å². The van der Waals surface area contributed by atoms with Crippen LogP contribution in [-0.4, -0.2) is 40.8 Å². The SMILES string of the molecule is CC(C)(C)OC(=O)NC1CCN(c2ncnc3scc(-c4ccccc4)c23)CC1. The Bertz CT molecular complexity index is 989. The highest BCUT2D eigenvalue weighted by Crippen LogP contribution is 2.38. The third-order valence-electron chi connectivity index (χ3n) is 4.95. The smallest absolute Gasteiger partial charge is 0.407 e. The van der Waals surface area contributed by atoms with Crippen LogP contribution in [0.15, 0.2) is 42.0 Å². The zero-order valence-electron chi connectivity index (χ0n) is 17.0. The van der Waals surface area contributed by atoms with Crippen molar-refractivity contribution in [3.8, 4) is 11.1 Å². The summed E-state index contributed by atoms with van der Waals surface area (Å²) < 4.78 is 5.38. The Morgan fingerprint density at radius 1 is 1.17 bits per heavy atom. The molecule has 1 aliphatic rings. The summed E-state index contributed by atoms with van der Waals surface area (Å²) in [7, 11) is 0. The van der Waals surface area contributed by atoms with Crippen LogP contribution in [0.5, 0.6) is 0 Å². The Balaban J connectivity index is 1.50. The lowest BCUT2D eigenvalue weighted by molar-refractivity contribution is 0.0497. The summed E-state index contributed by atoms with van der Waals surface area (Å²) >= 11 is 1.65. The molecular weight excluding hydrogens is 384 g/mol. The van der Waals surface area contributed by atoms with Gasteiger partial charge < -0.3 is 15.0 Å². The number of nitrogens with zero attached hydrogens (tertiary/aromatic N) is 3. The van der Waals surface area contributed by atoms with Gasteiger partial charge in [-0.3, -0.25) is 0 Å². The number of alkyl carbamates (subject to hydrolysis) is 1. The molecular formula is C22H26N4O2S. The van der Waals surface area contributed by atoms with Gasteiger partial charge in [-0.2, -0.15) is 0 Å². The van der Waals surface area contributed by atoms with Crippen LogP contribution in [0.4, 0.5) is 10.6 Å². The quantitative estimate of drug-likeness (QED) is 0.668. The third kappa shape index (κ3) is 4.50. The number of nitrogens with one attached hydrogen (secondary N) is 1. The normalized spacial score (nSPS) is 15.5. The molecule has 29 heavy (non-hydrogen) atoms. The van der Waals surface area contributed by atoms with E-state index in [0.717, 1.165) is 42.0 Å².